The second-order valence-corrected chi connectivity index (χ2v) is 11.2. The highest BCUT2D eigenvalue weighted by molar-refractivity contribution is 7.99. The second-order valence-electron chi connectivity index (χ2n) is 9.96. The first-order chi connectivity index (χ1) is 19.4. The van der Waals surface area contributed by atoms with Crippen molar-refractivity contribution in [3.63, 3.8) is 0 Å². The lowest BCUT2D eigenvalue weighted by Crippen LogP contribution is -2.43. The fourth-order valence-corrected chi connectivity index (χ4v) is 4.57. The number of ether oxygens (including phenoxy) is 1. The van der Waals surface area contributed by atoms with Crippen LogP contribution in [0.1, 0.15) is 55.0 Å². The molecule has 10 nitrogen and oxygen atoms in total. The van der Waals surface area contributed by atoms with Gasteiger partial charge < -0.3 is 4.74 Å². The van der Waals surface area contributed by atoms with Crippen molar-refractivity contribution in [3.05, 3.63) is 104 Å². The molecule has 0 spiro atoms. The molecule has 0 fully saturated rings. The Morgan fingerprint density at radius 3 is 2.41 bits per heavy atom. The summed E-state index contributed by atoms with van der Waals surface area (Å²) in [5.74, 6) is -3.50. The number of halogens is 3. The summed E-state index contributed by atoms with van der Waals surface area (Å²) in [6.07, 6.45) is 1.25. The number of hydrogen-bond acceptors (Lipinski definition) is 8. The summed E-state index contributed by atoms with van der Waals surface area (Å²) in [6.45, 7) is 6.42. The Morgan fingerprint density at radius 2 is 1.71 bits per heavy atom. The average molecular weight is 589 g/mol. The van der Waals surface area contributed by atoms with Crippen LogP contribution in [0.3, 0.4) is 0 Å². The SMILES string of the molecule is CCSc1nc(=O)n(Cc2ncnn2Cc2cccc(C(=O)OC(C)(C)C)c2)c(=O)n1Cc1cc(F)c(F)cc1F. The first-order valence-corrected chi connectivity index (χ1v) is 13.5. The summed E-state index contributed by atoms with van der Waals surface area (Å²) < 4.78 is 50.4. The minimum atomic E-state index is -1.36. The molecule has 0 bridgehead atoms. The summed E-state index contributed by atoms with van der Waals surface area (Å²) in [7, 11) is 0. The number of thioether (sulfide) groups is 1. The van der Waals surface area contributed by atoms with E-state index in [1.54, 1.807) is 52.0 Å². The van der Waals surface area contributed by atoms with Gasteiger partial charge >= 0.3 is 17.3 Å². The van der Waals surface area contributed by atoms with E-state index < -0.39 is 46.9 Å². The third kappa shape index (κ3) is 7.12. The molecule has 14 heteroatoms. The van der Waals surface area contributed by atoms with E-state index in [2.05, 4.69) is 15.1 Å². The number of rotatable bonds is 9. The van der Waals surface area contributed by atoms with E-state index in [4.69, 9.17) is 4.74 Å². The van der Waals surface area contributed by atoms with Gasteiger partial charge in [0.25, 0.3) is 0 Å². The van der Waals surface area contributed by atoms with Crippen LogP contribution in [0.2, 0.25) is 0 Å². The fourth-order valence-electron chi connectivity index (χ4n) is 3.87. The standard InChI is InChI=1S/C27H27F3N6O4S/c1-5-41-25-33-24(38)34(26(39)35(25)13-18-10-20(29)21(30)11-19(18)28)14-22-31-15-32-36(22)12-16-7-6-8-17(9-16)23(37)40-27(2,3)4/h6-11,15H,5,12-14H2,1-4H3. The van der Waals surface area contributed by atoms with Gasteiger partial charge in [-0.1, -0.05) is 30.8 Å². The van der Waals surface area contributed by atoms with E-state index in [0.29, 0.717) is 29.0 Å². The van der Waals surface area contributed by atoms with Gasteiger partial charge in [0.2, 0.25) is 0 Å². The van der Waals surface area contributed by atoms with Gasteiger partial charge in [-0.2, -0.15) is 10.1 Å². The van der Waals surface area contributed by atoms with Crippen molar-refractivity contribution in [2.75, 3.05) is 5.75 Å². The summed E-state index contributed by atoms with van der Waals surface area (Å²) in [5, 5.41) is 4.18. The normalized spacial score (nSPS) is 11.6. The maximum Gasteiger partial charge on any atom is 0.354 e. The Kier molecular flexibility index (Phi) is 8.80. The fraction of sp³-hybridized carbons (Fsp3) is 0.333. The van der Waals surface area contributed by atoms with E-state index in [1.807, 2.05) is 0 Å². The summed E-state index contributed by atoms with van der Waals surface area (Å²) in [5.41, 5.74) is -1.63. The average Bonchev–Trinajstić information content (AvgIpc) is 3.32. The molecule has 0 aliphatic rings. The van der Waals surface area contributed by atoms with E-state index >= 15 is 0 Å². The van der Waals surface area contributed by atoms with Crippen LogP contribution in [-0.2, 0) is 24.4 Å². The molecule has 216 valence electrons. The zero-order valence-corrected chi connectivity index (χ0v) is 23.5. The van der Waals surface area contributed by atoms with Crippen LogP contribution in [0.25, 0.3) is 0 Å². The molecule has 4 rings (SSSR count). The smallest absolute Gasteiger partial charge is 0.354 e. The lowest BCUT2D eigenvalue weighted by Gasteiger charge is -2.19. The van der Waals surface area contributed by atoms with Crippen LogP contribution in [0, 0.1) is 17.5 Å². The molecule has 2 heterocycles. The Balaban J connectivity index is 1.65. The van der Waals surface area contributed by atoms with Gasteiger partial charge in [0, 0.05) is 11.6 Å². The lowest BCUT2D eigenvalue weighted by atomic mass is 10.1. The molecule has 41 heavy (non-hydrogen) atoms. The van der Waals surface area contributed by atoms with Crippen molar-refractivity contribution < 1.29 is 22.7 Å². The van der Waals surface area contributed by atoms with E-state index in [1.165, 1.54) is 11.0 Å². The van der Waals surface area contributed by atoms with Crippen LogP contribution >= 0.6 is 11.8 Å². The summed E-state index contributed by atoms with van der Waals surface area (Å²) in [4.78, 5) is 47.0. The van der Waals surface area contributed by atoms with E-state index in [0.717, 1.165) is 20.9 Å². The van der Waals surface area contributed by atoms with Crippen LogP contribution in [0.15, 0.2) is 57.5 Å². The third-order valence-electron chi connectivity index (χ3n) is 5.70. The van der Waals surface area contributed by atoms with Crippen LogP contribution < -0.4 is 11.4 Å². The molecule has 4 aromatic rings. The molecule has 0 amide bonds. The Labute approximate surface area is 236 Å². The van der Waals surface area contributed by atoms with Gasteiger partial charge in [-0.25, -0.2) is 41.8 Å². The molecular weight excluding hydrogens is 561 g/mol. The Hall–Kier alpha value is -4.20. The molecule has 0 aliphatic heterocycles. The topological polar surface area (TPSA) is 114 Å². The number of esters is 1. The predicted octanol–water partition coefficient (Wildman–Crippen LogP) is 3.63. The Morgan fingerprint density at radius 1 is 0.976 bits per heavy atom. The van der Waals surface area contributed by atoms with E-state index in [9.17, 15) is 27.6 Å². The number of hydrogen-bond donors (Lipinski definition) is 0. The monoisotopic (exact) mass is 588 g/mol. The Bertz CT molecular complexity index is 1710. The van der Waals surface area contributed by atoms with Crippen molar-refractivity contribution in [1.82, 2.24) is 28.9 Å². The zero-order valence-electron chi connectivity index (χ0n) is 22.7. The van der Waals surface area contributed by atoms with Gasteiger partial charge in [0.15, 0.2) is 16.8 Å². The van der Waals surface area contributed by atoms with Gasteiger partial charge in [0.1, 0.15) is 23.6 Å². The molecule has 0 saturated carbocycles. The molecule has 0 radical (unpaired) electrons. The number of aromatic nitrogens is 6. The highest BCUT2D eigenvalue weighted by Gasteiger charge is 2.20. The maximum atomic E-state index is 14.4. The van der Waals surface area contributed by atoms with Crippen molar-refractivity contribution in [3.8, 4) is 0 Å². The largest absolute Gasteiger partial charge is 0.456 e. The van der Waals surface area contributed by atoms with Crippen LogP contribution in [-0.4, -0.2) is 46.2 Å². The van der Waals surface area contributed by atoms with Crippen LogP contribution in [0.5, 0.6) is 0 Å². The predicted molar refractivity (Wildman–Crippen MR) is 144 cm³/mol. The van der Waals surface area contributed by atoms with Gasteiger partial charge in [0.05, 0.1) is 25.2 Å². The van der Waals surface area contributed by atoms with Crippen LogP contribution in [0.4, 0.5) is 13.2 Å². The van der Waals surface area contributed by atoms with E-state index in [-0.39, 0.29) is 29.6 Å². The molecule has 0 unspecified atom stereocenters. The number of carbonyl (C=O) groups is 1. The van der Waals surface area contributed by atoms with Crippen molar-refractivity contribution in [2.45, 2.75) is 58.1 Å². The highest BCUT2D eigenvalue weighted by Crippen LogP contribution is 2.18. The molecule has 2 aromatic heterocycles. The van der Waals surface area contributed by atoms with Gasteiger partial charge in [-0.3, -0.25) is 4.57 Å². The highest BCUT2D eigenvalue weighted by atomic mass is 32.2. The molecule has 0 aliphatic carbocycles. The number of carbonyl (C=O) groups excluding carboxylic acids is 1. The zero-order chi connectivity index (χ0) is 29.9. The summed E-state index contributed by atoms with van der Waals surface area (Å²) >= 11 is 1.07. The van der Waals surface area contributed by atoms with Gasteiger partial charge in [-0.05, 0) is 50.3 Å². The number of benzene rings is 2. The quantitative estimate of drug-likeness (QED) is 0.166. The minimum absolute atomic E-state index is 0.00306. The first-order valence-electron chi connectivity index (χ1n) is 12.5. The molecule has 0 atom stereocenters. The summed E-state index contributed by atoms with van der Waals surface area (Å²) in [6, 6.07) is 7.79. The molecule has 0 saturated heterocycles. The first kappa shape index (κ1) is 29.8. The maximum absolute atomic E-state index is 14.4. The molecule has 2 aromatic carbocycles. The number of nitrogens with zero attached hydrogens (tertiary/aromatic N) is 6. The third-order valence-corrected chi connectivity index (χ3v) is 6.55. The van der Waals surface area contributed by atoms with Crippen molar-refractivity contribution in [1.29, 1.82) is 0 Å². The second kappa shape index (κ2) is 12.1. The lowest BCUT2D eigenvalue weighted by molar-refractivity contribution is 0.00693. The van der Waals surface area contributed by atoms with Gasteiger partial charge in [-0.15, -0.1) is 0 Å². The molecule has 0 N–H and O–H groups in total. The van der Waals surface area contributed by atoms with Crippen molar-refractivity contribution >= 4 is 17.7 Å². The van der Waals surface area contributed by atoms with Crippen molar-refractivity contribution in [2.24, 2.45) is 0 Å². The molecular formula is C27H27F3N6O4S. The minimum Gasteiger partial charge on any atom is -0.456 e.